The molecule has 1 fully saturated rings. The van der Waals surface area contributed by atoms with E-state index in [2.05, 4.69) is 10.6 Å². The second kappa shape index (κ2) is 9.07. The summed E-state index contributed by atoms with van der Waals surface area (Å²) < 4.78 is 5.24. The molecule has 4 rings (SSSR count). The molecular weight excluding hydrogens is 438 g/mol. The number of thiophene rings is 1. The fourth-order valence-corrected chi connectivity index (χ4v) is 4.66. The van der Waals surface area contributed by atoms with Crippen molar-refractivity contribution in [1.29, 1.82) is 0 Å². The van der Waals surface area contributed by atoms with Crippen LogP contribution in [-0.4, -0.2) is 36.4 Å². The molecule has 2 aromatic carbocycles. The van der Waals surface area contributed by atoms with Crippen molar-refractivity contribution in [2.24, 2.45) is 0 Å². The highest BCUT2D eigenvalue weighted by atomic mass is 32.1. The van der Waals surface area contributed by atoms with E-state index < -0.39 is 23.4 Å². The summed E-state index contributed by atoms with van der Waals surface area (Å²) in [5.41, 5.74) is 1.34. The Balaban J connectivity index is 1.53. The Bertz CT molecular complexity index is 1180. The molecule has 2 unspecified atom stereocenters. The maximum absolute atomic E-state index is 13.2. The Kier molecular flexibility index (Phi) is 6.20. The number of methoxy groups -OCH3 is 1. The van der Waals surface area contributed by atoms with Gasteiger partial charge in [-0.25, -0.2) is 4.79 Å². The molecule has 170 valence electrons. The minimum Gasteiger partial charge on any atom is -0.497 e. The summed E-state index contributed by atoms with van der Waals surface area (Å²) in [6.07, 6.45) is 0. The van der Waals surface area contributed by atoms with Crippen LogP contribution >= 0.6 is 11.3 Å². The van der Waals surface area contributed by atoms with Gasteiger partial charge in [-0.2, -0.15) is 0 Å². The SMILES string of the molecule is COc1cccc(C2(C)NC(=O)N(CC(=O)NC(c3ccc(C)cc3)c3cccs3)C2=O)c1. The topological polar surface area (TPSA) is 87.7 Å². The lowest BCUT2D eigenvalue weighted by Gasteiger charge is -2.23. The van der Waals surface area contributed by atoms with E-state index in [0.717, 1.165) is 20.9 Å². The predicted octanol–water partition coefficient (Wildman–Crippen LogP) is 3.74. The lowest BCUT2D eigenvalue weighted by Crippen LogP contribution is -2.44. The van der Waals surface area contributed by atoms with Gasteiger partial charge in [0.05, 0.1) is 13.2 Å². The minimum atomic E-state index is -1.28. The third kappa shape index (κ3) is 4.47. The van der Waals surface area contributed by atoms with Crippen LogP contribution in [-0.2, 0) is 15.1 Å². The van der Waals surface area contributed by atoms with Crippen LogP contribution in [0.4, 0.5) is 4.79 Å². The fraction of sp³-hybridized carbons (Fsp3) is 0.240. The quantitative estimate of drug-likeness (QED) is 0.523. The number of benzene rings is 2. The molecule has 8 heteroatoms. The largest absolute Gasteiger partial charge is 0.497 e. The number of hydrogen-bond acceptors (Lipinski definition) is 5. The summed E-state index contributed by atoms with van der Waals surface area (Å²) in [4.78, 5) is 40.8. The van der Waals surface area contributed by atoms with Crippen molar-refractivity contribution >= 4 is 29.2 Å². The van der Waals surface area contributed by atoms with Crippen LogP contribution in [0.5, 0.6) is 5.75 Å². The Morgan fingerprint density at radius 1 is 1.15 bits per heavy atom. The first-order chi connectivity index (χ1) is 15.8. The van der Waals surface area contributed by atoms with E-state index in [1.54, 1.807) is 31.2 Å². The highest BCUT2D eigenvalue weighted by Gasteiger charge is 2.49. The van der Waals surface area contributed by atoms with Crippen molar-refractivity contribution in [1.82, 2.24) is 15.5 Å². The number of urea groups is 1. The van der Waals surface area contributed by atoms with Gasteiger partial charge < -0.3 is 15.4 Å². The first-order valence-electron chi connectivity index (χ1n) is 10.5. The van der Waals surface area contributed by atoms with Crippen molar-refractivity contribution in [3.8, 4) is 5.75 Å². The summed E-state index contributed by atoms with van der Waals surface area (Å²) >= 11 is 1.53. The maximum Gasteiger partial charge on any atom is 0.325 e. The van der Waals surface area contributed by atoms with Gasteiger partial charge in [0.1, 0.15) is 17.8 Å². The number of hydrogen-bond donors (Lipinski definition) is 2. The average Bonchev–Trinajstić information content (AvgIpc) is 3.42. The molecule has 7 nitrogen and oxygen atoms in total. The number of ether oxygens (including phenoxy) is 1. The van der Waals surface area contributed by atoms with Crippen molar-refractivity contribution in [2.45, 2.75) is 25.4 Å². The highest BCUT2D eigenvalue weighted by molar-refractivity contribution is 7.10. The molecule has 2 atom stereocenters. The number of imide groups is 1. The van der Waals surface area contributed by atoms with Gasteiger partial charge in [0.15, 0.2) is 0 Å². The third-order valence-corrected chi connectivity index (χ3v) is 6.70. The fourth-order valence-electron chi connectivity index (χ4n) is 3.85. The van der Waals surface area contributed by atoms with Crippen LogP contribution in [0.1, 0.15) is 34.5 Å². The highest BCUT2D eigenvalue weighted by Crippen LogP contribution is 2.31. The number of rotatable bonds is 7. The number of nitrogens with zero attached hydrogens (tertiary/aromatic N) is 1. The molecule has 2 N–H and O–H groups in total. The van der Waals surface area contributed by atoms with Crippen molar-refractivity contribution < 1.29 is 19.1 Å². The zero-order valence-corrected chi connectivity index (χ0v) is 19.4. The minimum absolute atomic E-state index is 0.372. The molecule has 1 aromatic heterocycles. The van der Waals surface area contributed by atoms with Crippen LogP contribution in [0.25, 0.3) is 0 Å². The Morgan fingerprint density at radius 3 is 2.58 bits per heavy atom. The molecule has 2 heterocycles. The van der Waals surface area contributed by atoms with Gasteiger partial charge in [-0.05, 0) is 48.6 Å². The number of aryl methyl sites for hydroxylation is 1. The number of nitrogens with one attached hydrogen (secondary N) is 2. The second-order valence-electron chi connectivity index (χ2n) is 8.11. The zero-order chi connectivity index (χ0) is 23.6. The summed E-state index contributed by atoms with van der Waals surface area (Å²) in [6, 6.07) is 17.7. The van der Waals surface area contributed by atoms with Crippen LogP contribution in [0.3, 0.4) is 0 Å². The molecule has 0 aliphatic carbocycles. The molecule has 33 heavy (non-hydrogen) atoms. The van der Waals surface area contributed by atoms with Crippen molar-refractivity contribution in [3.63, 3.8) is 0 Å². The summed E-state index contributed by atoms with van der Waals surface area (Å²) in [5.74, 6) is -0.338. The normalized spacial score (nSPS) is 18.7. The van der Waals surface area contributed by atoms with Gasteiger partial charge in [0.25, 0.3) is 5.91 Å². The average molecular weight is 464 g/mol. The number of carbonyl (C=O) groups excluding carboxylic acids is 3. The maximum atomic E-state index is 13.2. The molecule has 1 aliphatic heterocycles. The first-order valence-corrected chi connectivity index (χ1v) is 11.4. The summed E-state index contributed by atoms with van der Waals surface area (Å²) in [5, 5.41) is 7.66. The van der Waals surface area contributed by atoms with Gasteiger partial charge in [-0.15, -0.1) is 11.3 Å². The van der Waals surface area contributed by atoms with Crippen molar-refractivity contribution in [3.05, 3.63) is 87.6 Å². The lowest BCUT2D eigenvalue weighted by molar-refractivity contribution is -0.135. The lowest BCUT2D eigenvalue weighted by atomic mass is 9.92. The third-order valence-electron chi connectivity index (χ3n) is 5.77. The first kappa shape index (κ1) is 22.5. The molecule has 0 radical (unpaired) electrons. The molecular formula is C25H25N3O4S. The van der Waals surface area contributed by atoms with Gasteiger partial charge >= 0.3 is 6.03 Å². The molecule has 0 saturated carbocycles. The molecule has 1 saturated heterocycles. The summed E-state index contributed by atoms with van der Waals surface area (Å²) in [7, 11) is 1.53. The zero-order valence-electron chi connectivity index (χ0n) is 18.6. The van der Waals surface area contributed by atoms with E-state index in [0.29, 0.717) is 11.3 Å². The smallest absolute Gasteiger partial charge is 0.325 e. The molecule has 3 aromatic rings. The van der Waals surface area contributed by atoms with E-state index in [1.165, 1.54) is 18.4 Å². The Labute approximate surface area is 196 Å². The van der Waals surface area contributed by atoms with Gasteiger partial charge in [-0.1, -0.05) is 48.0 Å². The molecule has 1 aliphatic rings. The van der Waals surface area contributed by atoms with E-state index >= 15 is 0 Å². The standard InChI is InChI=1S/C25H25N3O4S/c1-16-9-11-17(12-10-16)22(20-8-5-13-33-20)26-21(29)15-28-23(30)25(2,27-24(28)31)18-6-4-7-19(14-18)32-3/h4-14,22H,15H2,1-3H3,(H,26,29)(H,27,31). The molecule has 0 bridgehead atoms. The Morgan fingerprint density at radius 2 is 1.91 bits per heavy atom. The van der Waals surface area contributed by atoms with Gasteiger partial charge in [0.2, 0.25) is 5.91 Å². The summed E-state index contributed by atoms with van der Waals surface area (Å²) in [6.45, 7) is 3.25. The number of amides is 4. The Hall–Kier alpha value is -3.65. The van der Waals surface area contributed by atoms with E-state index in [9.17, 15) is 14.4 Å². The van der Waals surface area contributed by atoms with E-state index in [1.807, 2.05) is 48.7 Å². The molecule has 0 spiro atoms. The van der Waals surface area contributed by atoms with Crippen LogP contribution in [0, 0.1) is 6.92 Å². The molecule has 4 amide bonds. The van der Waals surface area contributed by atoms with Crippen molar-refractivity contribution in [2.75, 3.05) is 13.7 Å². The van der Waals surface area contributed by atoms with E-state index in [-0.39, 0.29) is 12.6 Å². The van der Waals surface area contributed by atoms with E-state index in [4.69, 9.17) is 4.74 Å². The van der Waals surface area contributed by atoms with Crippen LogP contribution in [0.15, 0.2) is 66.0 Å². The monoisotopic (exact) mass is 463 g/mol. The second-order valence-corrected chi connectivity index (χ2v) is 9.08. The van der Waals surface area contributed by atoms with Gasteiger partial charge in [0, 0.05) is 4.88 Å². The number of carbonyl (C=O) groups is 3. The van der Waals surface area contributed by atoms with Gasteiger partial charge in [-0.3, -0.25) is 14.5 Å². The van der Waals surface area contributed by atoms with Crippen LogP contribution in [0.2, 0.25) is 0 Å². The van der Waals surface area contributed by atoms with Crippen LogP contribution < -0.4 is 15.4 Å². The predicted molar refractivity (Wildman–Crippen MR) is 126 cm³/mol.